The molecule has 6 heteroatoms. The molecular weight excluding hydrogens is 404 g/mol. The van der Waals surface area contributed by atoms with E-state index in [0.717, 1.165) is 38.5 Å². The third-order valence-corrected chi connectivity index (χ3v) is 5.30. The Morgan fingerprint density at radius 3 is 1.34 bits per heavy atom. The minimum atomic E-state index is -0.675. The lowest BCUT2D eigenvalue weighted by molar-refractivity contribution is 0.0450. The van der Waals surface area contributed by atoms with E-state index < -0.39 is 11.9 Å². The molecule has 0 aromatic heterocycles. The van der Waals surface area contributed by atoms with Crippen LogP contribution in [0.3, 0.4) is 0 Å². The third-order valence-electron chi connectivity index (χ3n) is 5.30. The number of hydrogen-bond acceptors (Lipinski definition) is 6. The fourth-order valence-corrected chi connectivity index (χ4v) is 3.37. The van der Waals surface area contributed by atoms with Gasteiger partial charge in [-0.05, 0) is 25.0 Å². The van der Waals surface area contributed by atoms with Crippen molar-refractivity contribution >= 4 is 11.9 Å². The highest BCUT2D eigenvalue weighted by molar-refractivity contribution is 6.04. The molecule has 0 bridgehead atoms. The molecule has 0 aliphatic rings. The van der Waals surface area contributed by atoms with E-state index >= 15 is 0 Å². The third kappa shape index (κ3) is 9.96. The van der Waals surface area contributed by atoms with Crippen LogP contribution in [0.25, 0.3) is 0 Å². The van der Waals surface area contributed by atoms with Crippen LogP contribution in [0, 0.1) is 22.7 Å². The molecule has 0 fully saturated rings. The largest absolute Gasteiger partial charge is 0.462 e. The normalized spacial score (nSPS) is 10.2. The van der Waals surface area contributed by atoms with Crippen LogP contribution >= 0.6 is 0 Å². The van der Waals surface area contributed by atoms with Crippen molar-refractivity contribution in [2.75, 3.05) is 13.2 Å². The van der Waals surface area contributed by atoms with E-state index in [-0.39, 0.29) is 35.5 Å². The van der Waals surface area contributed by atoms with Gasteiger partial charge in [0.05, 0.1) is 35.5 Å². The van der Waals surface area contributed by atoms with E-state index in [1.54, 1.807) is 0 Å². The lowest BCUT2D eigenvalue weighted by atomic mass is 9.99. The molecule has 0 atom stereocenters. The molecule has 0 radical (unpaired) electrons. The van der Waals surface area contributed by atoms with Gasteiger partial charge in [0.15, 0.2) is 0 Å². The maximum atomic E-state index is 12.6. The van der Waals surface area contributed by atoms with E-state index in [9.17, 15) is 20.1 Å². The molecule has 174 valence electrons. The second-order valence-corrected chi connectivity index (χ2v) is 7.97. The Hall–Kier alpha value is -2.86. The van der Waals surface area contributed by atoms with Crippen molar-refractivity contribution in [2.24, 2.45) is 0 Å². The summed E-state index contributed by atoms with van der Waals surface area (Å²) in [4.78, 5) is 25.3. The van der Waals surface area contributed by atoms with E-state index in [4.69, 9.17) is 9.47 Å². The molecule has 0 heterocycles. The van der Waals surface area contributed by atoms with Gasteiger partial charge < -0.3 is 9.47 Å². The Balaban J connectivity index is 2.73. The SMILES string of the molecule is CCCCCCCCOC(=O)c1cc(C#N)c(C#N)cc1C(=O)OCCCCCCCC. The summed E-state index contributed by atoms with van der Waals surface area (Å²) < 4.78 is 10.7. The fraction of sp³-hybridized carbons (Fsp3) is 0.615. The van der Waals surface area contributed by atoms with Gasteiger partial charge in [0.25, 0.3) is 0 Å². The van der Waals surface area contributed by atoms with E-state index in [1.807, 2.05) is 12.1 Å². The lowest BCUT2D eigenvalue weighted by Gasteiger charge is -2.11. The Morgan fingerprint density at radius 2 is 1.00 bits per heavy atom. The molecular formula is C26H36N2O4. The number of ether oxygens (including phenoxy) is 2. The van der Waals surface area contributed by atoms with Gasteiger partial charge in [-0.1, -0.05) is 78.1 Å². The molecule has 0 aliphatic heterocycles. The zero-order valence-corrected chi connectivity index (χ0v) is 19.6. The smallest absolute Gasteiger partial charge is 0.339 e. The molecule has 0 spiro atoms. The Morgan fingerprint density at radius 1 is 0.656 bits per heavy atom. The predicted molar refractivity (Wildman–Crippen MR) is 123 cm³/mol. The van der Waals surface area contributed by atoms with Gasteiger partial charge in [0.1, 0.15) is 12.1 Å². The van der Waals surface area contributed by atoms with Crippen molar-refractivity contribution in [2.45, 2.75) is 90.9 Å². The fourth-order valence-electron chi connectivity index (χ4n) is 3.37. The zero-order chi connectivity index (χ0) is 23.6. The maximum Gasteiger partial charge on any atom is 0.339 e. The van der Waals surface area contributed by atoms with Gasteiger partial charge in [-0.2, -0.15) is 10.5 Å². The van der Waals surface area contributed by atoms with Crippen molar-refractivity contribution in [1.82, 2.24) is 0 Å². The molecule has 6 nitrogen and oxygen atoms in total. The van der Waals surface area contributed by atoms with Gasteiger partial charge in [0.2, 0.25) is 0 Å². The van der Waals surface area contributed by atoms with Crippen molar-refractivity contribution in [1.29, 1.82) is 10.5 Å². The molecule has 1 aromatic rings. The van der Waals surface area contributed by atoms with Crippen LogP contribution in [0.2, 0.25) is 0 Å². The first-order chi connectivity index (χ1) is 15.6. The highest BCUT2D eigenvalue weighted by atomic mass is 16.5. The molecule has 0 saturated heterocycles. The molecule has 0 N–H and O–H groups in total. The molecule has 0 aliphatic carbocycles. The number of esters is 2. The van der Waals surface area contributed by atoms with E-state index in [1.165, 1.54) is 50.7 Å². The number of rotatable bonds is 16. The number of benzene rings is 1. The number of carbonyl (C=O) groups is 2. The lowest BCUT2D eigenvalue weighted by Crippen LogP contribution is -2.16. The second kappa shape index (κ2) is 16.8. The number of hydrogen-bond donors (Lipinski definition) is 0. The van der Waals surface area contributed by atoms with Crippen LogP contribution < -0.4 is 0 Å². The summed E-state index contributed by atoms with van der Waals surface area (Å²) in [6, 6.07) is 6.30. The molecule has 1 rings (SSSR count). The zero-order valence-electron chi connectivity index (χ0n) is 19.6. The van der Waals surface area contributed by atoms with Crippen LogP contribution in [0.4, 0.5) is 0 Å². The van der Waals surface area contributed by atoms with Gasteiger partial charge in [-0.3, -0.25) is 0 Å². The highest BCUT2D eigenvalue weighted by Gasteiger charge is 2.23. The molecule has 0 amide bonds. The van der Waals surface area contributed by atoms with Crippen LogP contribution in [0.15, 0.2) is 12.1 Å². The Bertz CT molecular complexity index is 738. The van der Waals surface area contributed by atoms with Crippen LogP contribution in [0.1, 0.15) is 123 Å². The Labute approximate surface area is 192 Å². The molecule has 0 saturated carbocycles. The van der Waals surface area contributed by atoms with Crippen molar-refractivity contribution in [3.05, 3.63) is 34.4 Å². The van der Waals surface area contributed by atoms with Gasteiger partial charge in [-0.25, -0.2) is 9.59 Å². The number of nitrogens with zero attached hydrogens (tertiary/aromatic N) is 2. The van der Waals surface area contributed by atoms with Crippen molar-refractivity contribution in [3.63, 3.8) is 0 Å². The first-order valence-corrected chi connectivity index (χ1v) is 11.9. The van der Waals surface area contributed by atoms with Crippen molar-refractivity contribution in [3.8, 4) is 12.1 Å². The van der Waals surface area contributed by atoms with Crippen LogP contribution in [-0.2, 0) is 9.47 Å². The first-order valence-electron chi connectivity index (χ1n) is 11.9. The monoisotopic (exact) mass is 440 g/mol. The standard InChI is InChI=1S/C26H36N2O4/c1-3-5-7-9-11-13-15-31-25(29)23-17-21(19-27)22(20-28)18-24(23)26(30)32-16-14-12-10-8-6-4-2/h17-18H,3-16H2,1-2H3. The number of carbonyl (C=O) groups excluding carboxylic acids is 2. The minimum absolute atomic E-state index is 0.0283. The maximum absolute atomic E-state index is 12.6. The molecule has 32 heavy (non-hydrogen) atoms. The summed E-state index contributed by atoms with van der Waals surface area (Å²) in [5, 5.41) is 18.6. The van der Waals surface area contributed by atoms with E-state index in [0.29, 0.717) is 0 Å². The average molecular weight is 441 g/mol. The Kier molecular flexibility index (Phi) is 14.3. The summed E-state index contributed by atoms with van der Waals surface area (Å²) in [6.07, 6.45) is 12.7. The highest BCUT2D eigenvalue weighted by Crippen LogP contribution is 2.19. The van der Waals surface area contributed by atoms with Gasteiger partial charge in [-0.15, -0.1) is 0 Å². The van der Waals surface area contributed by atoms with Crippen LogP contribution in [-0.4, -0.2) is 25.2 Å². The van der Waals surface area contributed by atoms with E-state index in [2.05, 4.69) is 13.8 Å². The summed E-state index contributed by atoms with van der Waals surface area (Å²) >= 11 is 0. The predicted octanol–water partition coefficient (Wildman–Crippen LogP) is 6.46. The minimum Gasteiger partial charge on any atom is -0.462 e. The second-order valence-electron chi connectivity index (χ2n) is 7.97. The van der Waals surface area contributed by atoms with Crippen LogP contribution in [0.5, 0.6) is 0 Å². The van der Waals surface area contributed by atoms with Gasteiger partial charge >= 0.3 is 11.9 Å². The molecule has 1 aromatic carbocycles. The molecule has 0 unspecified atom stereocenters. The first kappa shape index (κ1) is 27.2. The van der Waals surface area contributed by atoms with Crippen molar-refractivity contribution < 1.29 is 19.1 Å². The number of unbranched alkanes of at least 4 members (excludes halogenated alkanes) is 10. The summed E-state index contributed by atoms with van der Waals surface area (Å²) in [7, 11) is 0. The topological polar surface area (TPSA) is 100 Å². The average Bonchev–Trinajstić information content (AvgIpc) is 2.81. The quantitative estimate of drug-likeness (QED) is 0.216. The summed E-state index contributed by atoms with van der Waals surface area (Å²) in [5.41, 5.74) is 0.0111. The van der Waals surface area contributed by atoms with Gasteiger partial charge in [0, 0.05) is 0 Å². The summed E-state index contributed by atoms with van der Waals surface area (Å²) in [5.74, 6) is -1.35. The summed E-state index contributed by atoms with van der Waals surface area (Å²) in [6.45, 7) is 4.81. The number of nitriles is 2.